The van der Waals surface area contributed by atoms with E-state index in [9.17, 15) is 4.79 Å². The largest absolute Gasteiger partial charge is 0.395 e. The molecule has 108 valence electrons. The van der Waals surface area contributed by atoms with E-state index in [-0.39, 0.29) is 18.6 Å². The fourth-order valence-corrected chi connectivity index (χ4v) is 2.35. The van der Waals surface area contributed by atoms with Crippen molar-refractivity contribution in [3.05, 3.63) is 34.9 Å². The molecule has 1 atom stereocenters. The van der Waals surface area contributed by atoms with Crippen LogP contribution in [0.3, 0.4) is 0 Å². The van der Waals surface area contributed by atoms with Gasteiger partial charge in [0, 0.05) is 23.8 Å². The number of aliphatic hydroxyl groups is 1. The highest BCUT2D eigenvalue weighted by atomic mass is 32.2. The molecule has 0 saturated heterocycles. The number of benzene rings is 1. The van der Waals surface area contributed by atoms with Gasteiger partial charge in [-0.25, -0.2) is 0 Å². The maximum absolute atomic E-state index is 12.3. The Kier molecular flexibility index (Phi) is 7.21. The lowest BCUT2D eigenvalue weighted by Gasteiger charge is -2.13. The summed E-state index contributed by atoms with van der Waals surface area (Å²) in [6.45, 7) is 3.97. The number of thioether (sulfide) groups is 1. The first-order chi connectivity index (χ1) is 9.58. The van der Waals surface area contributed by atoms with Gasteiger partial charge in [-0.2, -0.15) is 11.8 Å². The van der Waals surface area contributed by atoms with E-state index in [1.807, 2.05) is 38.3 Å². The van der Waals surface area contributed by atoms with Crippen molar-refractivity contribution >= 4 is 17.7 Å². The highest BCUT2D eigenvalue weighted by Crippen LogP contribution is 2.11. The predicted octanol–water partition coefficient (Wildman–Crippen LogP) is 2.21. The summed E-state index contributed by atoms with van der Waals surface area (Å²) in [4.78, 5) is 12.3. The molecule has 0 aromatic heterocycles. The Hall–Kier alpha value is -1.44. The number of carbonyl (C=O) groups excluding carboxylic acids is 1. The van der Waals surface area contributed by atoms with Crippen LogP contribution in [0.2, 0.25) is 0 Å². The second-order valence-electron chi connectivity index (χ2n) is 4.65. The molecular formula is C16H21NO2S. The number of hydrogen-bond acceptors (Lipinski definition) is 3. The van der Waals surface area contributed by atoms with Crippen molar-refractivity contribution in [2.24, 2.45) is 0 Å². The molecule has 0 aliphatic rings. The fourth-order valence-electron chi connectivity index (χ4n) is 1.76. The number of nitrogens with one attached hydrogen (secondary N) is 1. The lowest BCUT2D eigenvalue weighted by molar-refractivity contribution is 0.0943. The molecule has 1 aromatic rings. The molecule has 3 nitrogen and oxygen atoms in total. The Morgan fingerprint density at radius 3 is 2.90 bits per heavy atom. The Bertz CT molecular complexity index is 517. The van der Waals surface area contributed by atoms with Gasteiger partial charge in [0.2, 0.25) is 0 Å². The van der Waals surface area contributed by atoms with Crippen LogP contribution in [0.25, 0.3) is 0 Å². The summed E-state index contributed by atoms with van der Waals surface area (Å²) in [5.74, 6) is 6.60. The van der Waals surface area contributed by atoms with E-state index < -0.39 is 0 Å². The zero-order valence-corrected chi connectivity index (χ0v) is 13.0. The van der Waals surface area contributed by atoms with Gasteiger partial charge in [-0.05, 0) is 32.2 Å². The van der Waals surface area contributed by atoms with E-state index in [0.29, 0.717) is 17.5 Å². The van der Waals surface area contributed by atoms with E-state index in [2.05, 4.69) is 17.2 Å². The SMILES string of the molecule is CSCC(C)NC(=O)c1cc(C)ccc1C#CCCO. The molecular weight excluding hydrogens is 270 g/mol. The Morgan fingerprint density at radius 2 is 2.25 bits per heavy atom. The molecule has 1 amide bonds. The van der Waals surface area contributed by atoms with Crippen LogP contribution < -0.4 is 5.32 Å². The van der Waals surface area contributed by atoms with Gasteiger partial charge >= 0.3 is 0 Å². The van der Waals surface area contributed by atoms with E-state index >= 15 is 0 Å². The third-order valence-electron chi connectivity index (χ3n) is 2.67. The molecule has 0 bridgehead atoms. The third kappa shape index (κ3) is 5.28. The van der Waals surface area contributed by atoms with Crippen LogP contribution >= 0.6 is 11.8 Å². The molecule has 0 radical (unpaired) electrons. The van der Waals surface area contributed by atoms with E-state index in [0.717, 1.165) is 11.3 Å². The van der Waals surface area contributed by atoms with Crippen molar-refractivity contribution in [3.63, 3.8) is 0 Å². The summed E-state index contributed by atoms with van der Waals surface area (Å²) in [5, 5.41) is 11.7. The predicted molar refractivity (Wildman–Crippen MR) is 85.1 cm³/mol. The Labute approximate surface area is 125 Å². The topological polar surface area (TPSA) is 49.3 Å². The molecule has 2 N–H and O–H groups in total. The minimum atomic E-state index is -0.0939. The molecule has 1 aromatic carbocycles. The summed E-state index contributed by atoms with van der Waals surface area (Å²) in [6.07, 6.45) is 2.43. The summed E-state index contributed by atoms with van der Waals surface area (Å²) in [6, 6.07) is 5.76. The van der Waals surface area contributed by atoms with E-state index in [1.165, 1.54) is 0 Å². The molecule has 20 heavy (non-hydrogen) atoms. The van der Waals surface area contributed by atoms with Crippen LogP contribution in [-0.2, 0) is 0 Å². The first-order valence-electron chi connectivity index (χ1n) is 6.58. The number of amides is 1. The van der Waals surface area contributed by atoms with E-state index in [4.69, 9.17) is 5.11 Å². The first kappa shape index (κ1) is 16.6. The van der Waals surface area contributed by atoms with Crippen LogP contribution in [0, 0.1) is 18.8 Å². The van der Waals surface area contributed by atoms with Crippen molar-refractivity contribution in [1.82, 2.24) is 5.32 Å². The molecule has 4 heteroatoms. The summed E-state index contributed by atoms with van der Waals surface area (Å²) < 4.78 is 0. The van der Waals surface area contributed by atoms with Crippen molar-refractivity contribution < 1.29 is 9.90 Å². The van der Waals surface area contributed by atoms with Crippen LogP contribution in [0.15, 0.2) is 18.2 Å². The maximum Gasteiger partial charge on any atom is 0.252 e. The van der Waals surface area contributed by atoms with Crippen molar-refractivity contribution in [1.29, 1.82) is 0 Å². The van der Waals surface area contributed by atoms with Crippen molar-refractivity contribution in [2.75, 3.05) is 18.6 Å². The lowest BCUT2D eigenvalue weighted by Crippen LogP contribution is -2.34. The summed E-state index contributed by atoms with van der Waals surface area (Å²) in [5.41, 5.74) is 2.33. The van der Waals surface area contributed by atoms with Crippen LogP contribution in [0.5, 0.6) is 0 Å². The normalized spacial score (nSPS) is 11.4. The summed E-state index contributed by atoms with van der Waals surface area (Å²) in [7, 11) is 0. The number of hydrogen-bond donors (Lipinski definition) is 2. The average molecular weight is 291 g/mol. The molecule has 0 aliphatic heterocycles. The van der Waals surface area contributed by atoms with Crippen LogP contribution in [-0.4, -0.2) is 35.7 Å². The smallest absolute Gasteiger partial charge is 0.252 e. The number of carbonyl (C=O) groups is 1. The van der Waals surface area contributed by atoms with Gasteiger partial charge in [0.1, 0.15) is 0 Å². The van der Waals surface area contributed by atoms with Crippen LogP contribution in [0.1, 0.15) is 34.8 Å². The number of aliphatic hydroxyl groups excluding tert-OH is 1. The number of rotatable bonds is 5. The van der Waals surface area contributed by atoms with Gasteiger partial charge in [0.25, 0.3) is 5.91 Å². The van der Waals surface area contributed by atoms with Gasteiger partial charge in [0.15, 0.2) is 0 Å². The average Bonchev–Trinajstić information content (AvgIpc) is 2.40. The standard InChI is InChI=1S/C16H21NO2S/c1-12-7-8-14(6-4-5-9-18)15(10-12)16(19)17-13(2)11-20-3/h7-8,10,13,18H,5,9,11H2,1-3H3,(H,17,19). The zero-order chi connectivity index (χ0) is 15.0. The zero-order valence-electron chi connectivity index (χ0n) is 12.2. The van der Waals surface area contributed by atoms with Crippen molar-refractivity contribution in [3.8, 4) is 11.8 Å². The first-order valence-corrected chi connectivity index (χ1v) is 7.98. The van der Waals surface area contributed by atoms with Gasteiger partial charge in [-0.15, -0.1) is 0 Å². The van der Waals surface area contributed by atoms with Gasteiger partial charge < -0.3 is 10.4 Å². The second-order valence-corrected chi connectivity index (χ2v) is 5.56. The quantitative estimate of drug-likeness (QED) is 0.818. The number of aryl methyl sites for hydroxylation is 1. The lowest BCUT2D eigenvalue weighted by atomic mass is 10.0. The Morgan fingerprint density at radius 1 is 1.50 bits per heavy atom. The molecule has 0 heterocycles. The van der Waals surface area contributed by atoms with Gasteiger partial charge in [-0.1, -0.05) is 23.5 Å². The molecule has 0 fully saturated rings. The fraction of sp³-hybridized carbons (Fsp3) is 0.438. The minimum Gasteiger partial charge on any atom is -0.395 e. The molecule has 0 spiro atoms. The highest BCUT2D eigenvalue weighted by Gasteiger charge is 2.13. The summed E-state index contributed by atoms with van der Waals surface area (Å²) >= 11 is 1.70. The maximum atomic E-state index is 12.3. The molecule has 1 unspecified atom stereocenters. The highest BCUT2D eigenvalue weighted by molar-refractivity contribution is 7.98. The van der Waals surface area contributed by atoms with Crippen molar-refractivity contribution in [2.45, 2.75) is 26.3 Å². The molecule has 1 rings (SSSR count). The van der Waals surface area contributed by atoms with Crippen LogP contribution in [0.4, 0.5) is 0 Å². The second kappa shape index (κ2) is 8.68. The molecule has 0 saturated carbocycles. The Balaban J connectivity index is 2.94. The monoisotopic (exact) mass is 291 g/mol. The third-order valence-corrected chi connectivity index (χ3v) is 3.51. The molecule has 0 aliphatic carbocycles. The van der Waals surface area contributed by atoms with Gasteiger partial charge in [0.05, 0.1) is 12.2 Å². The van der Waals surface area contributed by atoms with Gasteiger partial charge in [-0.3, -0.25) is 4.79 Å². The van der Waals surface area contributed by atoms with E-state index in [1.54, 1.807) is 11.8 Å². The minimum absolute atomic E-state index is 0.0329.